The van der Waals surface area contributed by atoms with Gasteiger partial charge in [0.25, 0.3) is 0 Å². The zero-order valence-corrected chi connectivity index (χ0v) is 22.5. The van der Waals surface area contributed by atoms with E-state index in [1.54, 1.807) is 37.4 Å². The third-order valence-electron chi connectivity index (χ3n) is 6.80. The quantitative estimate of drug-likeness (QED) is 0.501. The van der Waals surface area contributed by atoms with Crippen molar-refractivity contribution in [3.63, 3.8) is 0 Å². The van der Waals surface area contributed by atoms with E-state index in [1.165, 1.54) is 6.07 Å². The van der Waals surface area contributed by atoms with Crippen LogP contribution in [0.15, 0.2) is 35.7 Å². The molecule has 1 aromatic heterocycles. The van der Waals surface area contributed by atoms with Crippen LogP contribution in [-0.4, -0.2) is 57.9 Å². The zero-order valence-electron chi connectivity index (χ0n) is 21.7. The average molecular weight is 553 g/mol. The van der Waals surface area contributed by atoms with Crippen LogP contribution in [0.3, 0.4) is 0 Å². The van der Waals surface area contributed by atoms with Crippen molar-refractivity contribution in [2.75, 3.05) is 11.4 Å². The topological polar surface area (TPSA) is 83.0 Å². The minimum Gasteiger partial charge on any atom is -0.447 e. The van der Waals surface area contributed by atoms with Crippen LogP contribution in [0.4, 0.5) is 23.9 Å². The fraction of sp³-hybridized carbons (Fsp3) is 0.538. The summed E-state index contributed by atoms with van der Waals surface area (Å²) in [6.07, 6.45) is 1.22. The van der Waals surface area contributed by atoms with Crippen molar-refractivity contribution >= 4 is 29.9 Å². The Morgan fingerprint density at radius 1 is 1.18 bits per heavy atom. The van der Waals surface area contributed by atoms with Gasteiger partial charge in [0, 0.05) is 60.8 Å². The fourth-order valence-electron chi connectivity index (χ4n) is 5.11. The van der Waals surface area contributed by atoms with Gasteiger partial charge in [-0.05, 0) is 69.9 Å². The van der Waals surface area contributed by atoms with E-state index in [0.29, 0.717) is 30.9 Å². The molecule has 8 nitrogen and oxygen atoms in total. The highest BCUT2D eigenvalue weighted by Gasteiger charge is 2.39. The number of likely N-dealkylation sites (tertiary alicyclic amines) is 1. The maximum atomic E-state index is 13.5. The lowest BCUT2D eigenvalue weighted by Gasteiger charge is -2.45. The molecule has 1 amide bonds. The highest BCUT2D eigenvalue weighted by molar-refractivity contribution is 6.30. The normalized spacial score (nSPS) is 23.4. The number of ether oxygens (including phenoxy) is 1. The first-order valence-electron chi connectivity index (χ1n) is 12.6. The van der Waals surface area contributed by atoms with E-state index in [1.807, 2.05) is 18.7 Å². The smallest absolute Gasteiger partial charge is 0.416 e. The van der Waals surface area contributed by atoms with Gasteiger partial charge in [-0.15, -0.1) is 0 Å². The number of carbonyl (C=O) groups excluding carboxylic acids is 1. The lowest BCUT2D eigenvalue weighted by Crippen LogP contribution is -2.55. The molecule has 1 fully saturated rings. The zero-order chi connectivity index (χ0) is 27.6. The third-order valence-corrected chi connectivity index (χ3v) is 7.02. The highest BCUT2D eigenvalue weighted by atomic mass is 35.5. The monoisotopic (exact) mass is 552 g/mol. The van der Waals surface area contributed by atoms with Gasteiger partial charge in [0.15, 0.2) is 0 Å². The van der Waals surface area contributed by atoms with Crippen molar-refractivity contribution in [1.29, 1.82) is 0 Å². The van der Waals surface area contributed by atoms with Gasteiger partial charge >= 0.3 is 12.3 Å². The highest BCUT2D eigenvalue weighted by Crippen LogP contribution is 2.34. The van der Waals surface area contributed by atoms with Crippen LogP contribution in [0.25, 0.3) is 0 Å². The van der Waals surface area contributed by atoms with Crippen LogP contribution in [0, 0.1) is 0 Å². The molecular formula is C26H32ClF3N6O2. The van der Waals surface area contributed by atoms with Crippen molar-refractivity contribution in [3.05, 3.63) is 52.3 Å². The number of alkyl halides is 3. The number of carbonyl (C=O) groups is 1. The Kier molecular flexibility index (Phi) is 8.34. The number of hydrogen-bond donors (Lipinski definition) is 1. The summed E-state index contributed by atoms with van der Waals surface area (Å²) in [4.78, 5) is 25.6. The number of nitrogens with zero attached hydrogens (tertiary/aromatic N) is 5. The molecule has 2 aliphatic rings. The number of rotatable bonds is 6. The van der Waals surface area contributed by atoms with Crippen LogP contribution >= 0.6 is 11.6 Å². The van der Waals surface area contributed by atoms with Crippen molar-refractivity contribution in [1.82, 2.24) is 20.3 Å². The molecule has 4 rings (SSSR count). The summed E-state index contributed by atoms with van der Waals surface area (Å²) in [6.45, 7) is 8.26. The van der Waals surface area contributed by atoms with Gasteiger partial charge in [-0.1, -0.05) is 11.6 Å². The first-order chi connectivity index (χ1) is 17.9. The summed E-state index contributed by atoms with van der Waals surface area (Å²) in [5, 5.41) is 4.04. The molecule has 38 heavy (non-hydrogen) atoms. The Bertz CT molecular complexity index is 1150. The van der Waals surface area contributed by atoms with Crippen LogP contribution in [0.1, 0.15) is 63.1 Å². The van der Waals surface area contributed by atoms with E-state index >= 15 is 0 Å². The number of nitrogens with one attached hydrogen (secondary N) is 1. The largest absolute Gasteiger partial charge is 0.447 e. The molecule has 3 atom stereocenters. The Morgan fingerprint density at radius 3 is 2.39 bits per heavy atom. The van der Waals surface area contributed by atoms with E-state index in [-0.39, 0.29) is 47.8 Å². The van der Waals surface area contributed by atoms with Gasteiger partial charge in [0.2, 0.25) is 5.95 Å². The third kappa shape index (κ3) is 6.48. The molecule has 0 aliphatic carbocycles. The van der Waals surface area contributed by atoms with Gasteiger partial charge in [-0.3, -0.25) is 0 Å². The molecule has 2 aromatic rings. The minimum absolute atomic E-state index is 0.00653. The summed E-state index contributed by atoms with van der Waals surface area (Å²) < 4.78 is 46.0. The molecule has 0 bridgehead atoms. The predicted octanol–water partition coefficient (Wildman–Crippen LogP) is 5.61. The summed E-state index contributed by atoms with van der Waals surface area (Å²) in [6, 6.07) is 3.08. The van der Waals surface area contributed by atoms with Gasteiger partial charge in [-0.25, -0.2) is 14.8 Å². The Morgan fingerprint density at radius 2 is 1.84 bits per heavy atom. The molecule has 2 aliphatic heterocycles. The second kappa shape index (κ2) is 11.3. The first kappa shape index (κ1) is 27.9. The maximum absolute atomic E-state index is 13.5. The SMILES string of the molecule is CC(C)OC(=O)N1[C@H](C)CC(N(Cc2cc(Cl)cc(C(F)(F)F)c2)c2ncc(C3C=NNC3)cn2)C[C@H]1C. The number of benzene rings is 1. The minimum atomic E-state index is -4.52. The number of halogens is 4. The van der Waals surface area contributed by atoms with E-state index in [4.69, 9.17) is 16.3 Å². The summed E-state index contributed by atoms with van der Waals surface area (Å²) in [5.41, 5.74) is 3.38. The van der Waals surface area contributed by atoms with E-state index in [2.05, 4.69) is 20.5 Å². The molecule has 3 heterocycles. The van der Waals surface area contributed by atoms with Gasteiger partial charge in [0.05, 0.1) is 11.7 Å². The Hall–Kier alpha value is -3.08. The maximum Gasteiger partial charge on any atom is 0.416 e. The van der Waals surface area contributed by atoms with Crippen LogP contribution in [0.5, 0.6) is 0 Å². The Labute approximate surface area is 225 Å². The fourth-order valence-corrected chi connectivity index (χ4v) is 5.37. The summed E-state index contributed by atoms with van der Waals surface area (Å²) in [5.74, 6) is 0.447. The lowest BCUT2D eigenvalue weighted by atomic mass is 9.91. The summed E-state index contributed by atoms with van der Waals surface area (Å²) >= 11 is 6.08. The number of hydrogen-bond acceptors (Lipinski definition) is 7. The Balaban J connectivity index is 1.64. The van der Waals surface area contributed by atoms with Crippen LogP contribution in [-0.2, 0) is 17.5 Å². The van der Waals surface area contributed by atoms with Crippen molar-refractivity contribution in [2.45, 2.75) is 83.4 Å². The van der Waals surface area contributed by atoms with Gasteiger partial charge < -0.3 is 20.0 Å². The standard InChI is InChI=1S/C26H32ClF3N6O2/c1-15(2)38-25(37)36-16(3)5-23(6-17(36)4)35(14-18-7-21(26(28,29)30)9-22(27)8-18)24-31-10-19(11-32-24)20-12-33-34-13-20/h7-12,15-17,20,23,34H,5-6,13-14H2,1-4H3/t16-,17-,20?/m1/s1. The predicted molar refractivity (Wildman–Crippen MR) is 139 cm³/mol. The molecule has 12 heteroatoms. The molecule has 1 N–H and O–H groups in total. The van der Waals surface area contributed by atoms with Gasteiger partial charge in [0.1, 0.15) is 0 Å². The molecule has 1 aromatic carbocycles. The number of piperidine rings is 1. The van der Waals surface area contributed by atoms with Crippen molar-refractivity contribution < 1.29 is 22.7 Å². The van der Waals surface area contributed by atoms with Crippen LogP contribution < -0.4 is 10.3 Å². The lowest BCUT2D eigenvalue weighted by molar-refractivity contribution is -0.137. The number of aromatic nitrogens is 2. The van der Waals surface area contributed by atoms with Crippen molar-refractivity contribution in [3.8, 4) is 0 Å². The molecule has 0 spiro atoms. The number of hydrazone groups is 1. The van der Waals surface area contributed by atoms with E-state index in [0.717, 1.165) is 17.7 Å². The second-order valence-electron chi connectivity index (χ2n) is 10.2. The summed E-state index contributed by atoms with van der Waals surface area (Å²) in [7, 11) is 0. The molecule has 1 saturated heterocycles. The van der Waals surface area contributed by atoms with E-state index in [9.17, 15) is 18.0 Å². The second-order valence-corrected chi connectivity index (χ2v) is 10.6. The molecule has 1 unspecified atom stereocenters. The number of anilines is 1. The molecular weight excluding hydrogens is 521 g/mol. The average Bonchev–Trinajstić information content (AvgIpc) is 3.36. The molecule has 206 valence electrons. The first-order valence-corrected chi connectivity index (χ1v) is 13.0. The van der Waals surface area contributed by atoms with E-state index < -0.39 is 11.7 Å². The van der Waals surface area contributed by atoms with Crippen molar-refractivity contribution in [2.24, 2.45) is 5.10 Å². The number of amides is 1. The van der Waals surface area contributed by atoms with Crippen LogP contribution in [0.2, 0.25) is 5.02 Å². The molecule has 0 saturated carbocycles. The molecule has 0 radical (unpaired) electrons. The van der Waals surface area contributed by atoms with Gasteiger partial charge in [-0.2, -0.15) is 18.3 Å².